The molecule has 1 heterocycles. The molecule has 4 rings (SSSR count). The molecule has 0 bridgehead atoms. The van der Waals surface area contributed by atoms with Gasteiger partial charge >= 0.3 is 0 Å². The first kappa shape index (κ1) is 13.1. The van der Waals surface area contributed by atoms with Gasteiger partial charge in [0, 0.05) is 42.5 Å². The number of carbonyl (C=O) groups excluding carboxylic acids is 1. The molecule has 2 aliphatic carbocycles. The number of hydrogen-bond acceptors (Lipinski definition) is 3. The zero-order valence-corrected chi connectivity index (χ0v) is 12.3. The lowest BCUT2D eigenvalue weighted by atomic mass is 10.2. The van der Waals surface area contributed by atoms with Crippen molar-refractivity contribution >= 4 is 17.3 Å². The van der Waals surface area contributed by atoms with Crippen LogP contribution in [0, 0.1) is 5.92 Å². The number of nitrogens with one attached hydrogen (secondary N) is 2. The molecule has 2 N–H and O–H groups in total. The average molecular weight is 285 g/mol. The molecule has 1 aromatic carbocycles. The van der Waals surface area contributed by atoms with Crippen LogP contribution in [0.15, 0.2) is 24.3 Å². The SMILES string of the molecule is O=C(Nc1ccc(NC2CCN(C3CC3)C2)cc1)C1CC1. The van der Waals surface area contributed by atoms with Gasteiger partial charge in [-0.3, -0.25) is 9.69 Å². The molecule has 4 heteroatoms. The highest BCUT2D eigenvalue weighted by molar-refractivity contribution is 5.94. The van der Waals surface area contributed by atoms with Crippen LogP contribution >= 0.6 is 0 Å². The second-order valence-electron chi connectivity index (χ2n) is 6.70. The van der Waals surface area contributed by atoms with E-state index in [9.17, 15) is 4.79 Å². The number of nitrogens with zero attached hydrogens (tertiary/aromatic N) is 1. The second-order valence-corrected chi connectivity index (χ2v) is 6.70. The molecule has 0 spiro atoms. The molecule has 1 aliphatic heterocycles. The van der Waals surface area contributed by atoms with E-state index >= 15 is 0 Å². The van der Waals surface area contributed by atoms with Gasteiger partial charge in [0.25, 0.3) is 0 Å². The molecule has 4 nitrogen and oxygen atoms in total. The third-order valence-electron chi connectivity index (χ3n) is 4.75. The second kappa shape index (κ2) is 5.34. The Morgan fingerprint density at radius 3 is 2.38 bits per heavy atom. The number of anilines is 2. The Balaban J connectivity index is 1.30. The normalized spacial score (nSPS) is 25.8. The molecule has 3 fully saturated rings. The molecule has 1 atom stereocenters. The van der Waals surface area contributed by atoms with Crippen molar-refractivity contribution in [3.8, 4) is 0 Å². The van der Waals surface area contributed by atoms with Crippen molar-refractivity contribution in [3.63, 3.8) is 0 Å². The maximum Gasteiger partial charge on any atom is 0.227 e. The van der Waals surface area contributed by atoms with Crippen molar-refractivity contribution in [1.82, 2.24) is 4.90 Å². The predicted octanol–water partition coefficient (Wildman–Crippen LogP) is 2.68. The minimum atomic E-state index is 0.173. The highest BCUT2D eigenvalue weighted by Gasteiger charge is 2.34. The number of benzene rings is 1. The molecule has 1 aromatic rings. The Morgan fingerprint density at radius 2 is 1.71 bits per heavy atom. The lowest BCUT2D eigenvalue weighted by molar-refractivity contribution is -0.117. The Morgan fingerprint density at radius 1 is 1.00 bits per heavy atom. The fourth-order valence-electron chi connectivity index (χ4n) is 3.15. The number of hydrogen-bond donors (Lipinski definition) is 2. The van der Waals surface area contributed by atoms with E-state index in [2.05, 4.69) is 27.7 Å². The highest BCUT2D eigenvalue weighted by Crippen LogP contribution is 2.31. The van der Waals surface area contributed by atoms with Gasteiger partial charge in [-0.2, -0.15) is 0 Å². The maximum atomic E-state index is 11.7. The molecule has 1 unspecified atom stereocenters. The van der Waals surface area contributed by atoms with Crippen LogP contribution in [0.2, 0.25) is 0 Å². The smallest absolute Gasteiger partial charge is 0.227 e. The summed E-state index contributed by atoms with van der Waals surface area (Å²) in [5.74, 6) is 0.432. The van der Waals surface area contributed by atoms with Crippen molar-refractivity contribution in [2.75, 3.05) is 23.7 Å². The van der Waals surface area contributed by atoms with Crippen LogP contribution in [0.5, 0.6) is 0 Å². The monoisotopic (exact) mass is 285 g/mol. The fourth-order valence-corrected chi connectivity index (χ4v) is 3.15. The van der Waals surface area contributed by atoms with Crippen molar-refractivity contribution in [2.45, 2.75) is 44.2 Å². The van der Waals surface area contributed by atoms with E-state index in [1.165, 1.54) is 32.4 Å². The fraction of sp³-hybridized carbons (Fsp3) is 0.588. The van der Waals surface area contributed by atoms with Gasteiger partial charge in [0.1, 0.15) is 0 Å². The van der Waals surface area contributed by atoms with E-state index < -0.39 is 0 Å². The van der Waals surface area contributed by atoms with Crippen LogP contribution in [0.4, 0.5) is 11.4 Å². The zero-order valence-electron chi connectivity index (χ0n) is 12.3. The largest absolute Gasteiger partial charge is 0.381 e. The molecule has 1 amide bonds. The van der Waals surface area contributed by atoms with E-state index in [1.807, 2.05) is 12.1 Å². The van der Waals surface area contributed by atoms with Crippen molar-refractivity contribution < 1.29 is 4.79 Å². The number of likely N-dealkylation sites (tertiary alicyclic amines) is 1. The van der Waals surface area contributed by atoms with Gasteiger partial charge in [0.15, 0.2) is 0 Å². The Bertz CT molecular complexity index is 519. The predicted molar refractivity (Wildman–Crippen MR) is 84.4 cm³/mol. The third-order valence-corrected chi connectivity index (χ3v) is 4.75. The van der Waals surface area contributed by atoms with Crippen molar-refractivity contribution in [3.05, 3.63) is 24.3 Å². The first-order chi connectivity index (χ1) is 10.3. The molecule has 0 aromatic heterocycles. The van der Waals surface area contributed by atoms with E-state index in [0.29, 0.717) is 6.04 Å². The van der Waals surface area contributed by atoms with Gasteiger partial charge in [-0.05, 0) is 56.4 Å². The van der Waals surface area contributed by atoms with Crippen LogP contribution in [0.3, 0.4) is 0 Å². The van der Waals surface area contributed by atoms with Gasteiger partial charge < -0.3 is 10.6 Å². The minimum absolute atomic E-state index is 0.173. The summed E-state index contributed by atoms with van der Waals surface area (Å²) in [6.07, 6.45) is 6.11. The summed E-state index contributed by atoms with van der Waals surface area (Å²) in [5, 5.41) is 6.59. The lowest BCUT2D eigenvalue weighted by Crippen LogP contribution is -2.27. The highest BCUT2D eigenvalue weighted by atomic mass is 16.2. The Labute approximate surface area is 125 Å². The van der Waals surface area contributed by atoms with E-state index in [-0.39, 0.29) is 11.8 Å². The van der Waals surface area contributed by atoms with Gasteiger partial charge in [0.2, 0.25) is 5.91 Å². The number of amides is 1. The quantitative estimate of drug-likeness (QED) is 0.874. The van der Waals surface area contributed by atoms with Crippen LogP contribution < -0.4 is 10.6 Å². The summed E-state index contributed by atoms with van der Waals surface area (Å²) in [5.41, 5.74) is 2.06. The van der Waals surface area contributed by atoms with E-state index in [1.54, 1.807) is 0 Å². The molecular weight excluding hydrogens is 262 g/mol. The van der Waals surface area contributed by atoms with Crippen molar-refractivity contribution in [1.29, 1.82) is 0 Å². The van der Waals surface area contributed by atoms with Crippen LogP contribution in [-0.4, -0.2) is 36.0 Å². The third kappa shape index (κ3) is 3.21. The average Bonchev–Trinajstić information content (AvgIpc) is 3.40. The van der Waals surface area contributed by atoms with Gasteiger partial charge in [-0.25, -0.2) is 0 Å². The van der Waals surface area contributed by atoms with Crippen LogP contribution in [0.1, 0.15) is 32.1 Å². The number of carbonyl (C=O) groups is 1. The Kier molecular flexibility index (Phi) is 3.34. The first-order valence-corrected chi connectivity index (χ1v) is 8.19. The summed E-state index contributed by atoms with van der Waals surface area (Å²) in [7, 11) is 0. The molecule has 2 saturated carbocycles. The van der Waals surface area contributed by atoms with Crippen molar-refractivity contribution in [2.24, 2.45) is 5.92 Å². The molecular formula is C17H23N3O. The first-order valence-electron chi connectivity index (χ1n) is 8.19. The van der Waals surface area contributed by atoms with Crippen LogP contribution in [-0.2, 0) is 4.79 Å². The topological polar surface area (TPSA) is 44.4 Å². The number of rotatable bonds is 5. The molecule has 1 saturated heterocycles. The zero-order chi connectivity index (χ0) is 14.2. The van der Waals surface area contributed by atoms with Crippen LogP contribution in [0.25, 0.3) is 0 Å². The summed E-state index contributed by atoms with van der Waals surface area (Å²) < 4.78 is 0. The molecule has 21 heavy (non-hydrogen) atoms. The molecule has 112 valence electrons. The van der Waals surface area contributed by atoms with E-state index in [0.717, 1.165) is 30.3 Å². The van der Waals surface area contributed by atoms with Gasteiger partial charge in [0.05, 0.1) is 0 Å². The molecule has 3 aliphatic rings. The van der Waals surface area contributed by atoms with Gasteiger partial charge in [-0.1, -0.05) is 0 Å². The molecule has 0 radical (unpaired) electrons. The summed E-state index contributed by atoms with van der Waals surface area (Å²) in [6.45, 7) is 2.41. The summed E-state index contributed by atoms with van der Waals surface area (Å²) in [4.78, 5) is 14.3. The maximum absolute atomic E-state index is 11.7. The van der Waals surface area contributed by atoms with Gasteiger partial charge in [-0.15, -0.1) is 0 Å². The summed E-state index contributed by atoms with van der Waals surface area (Å²) >= 11 is 0. The standard InChI is InChI=1S/C17H23N3O/c21-17(12-1-2-12)19-14-5-3-13(4-6-14)18-15-9-10-20(11-15)16-7-8-16/h3-6,12,15-16,18H,1-2,7-11H2,(H,19,21). The Hall–Kier alpha value is -1.55. The minimum Gasteiger partial charge on any atom is -0.381 e. The lowest BCUT2D eigenvalue weighted by Gasteiger charge is -2.17. The van der Waals surface area contributed by atoms with E-state index in [4.69, 9.17) is 0 Å². The summed E-state index contributed by atoms with van der Waals surface area (Å²) in [6, 6.07) is 9.58.